The quantitative estimate of drug-likeness (QED) is 0.708. The van der Waals surface area contributed by atoms with Crippen LogP contribution in [0.5, 0.6) is 5.75 Å². The maximum atomic E-state index is 11.7. The summed E-state index contributed by atoms with van der Waals surface area (Å²) in [5, 5.41) is 1.11. The number of fused-ring (bicyclic) bond motifs is 3. The summed E-state index contributed by atoms with van der Waals surface area (Å²) in [6.45, 7) is 0. The van der Waals surface area contributed by atoms with E-state index in [1.165, 1.54) is 0 Å². The van der Waals surface area contributed by atoms with Crippen LogP contribution < -0.4 is 4.74 Å². The fourth-order valence-electron chi connectivity index (χ4n) is 2.19. The Balaban J connectivity index is 2.34. The molecule has 0 saturated heterocycles. The first-order valence-corrected chi connectivity index (χ1v) is 5.01. The van der Waals surface area contributed by atoms with E-state index in [-0.39, 0.29) is 5.91 Å². The second kappa shape index (κ2) is 2.86. The van der Waals surface area contributed by atoms with Crippen molar-refractivity contribution < 1.29 is 9.53 Å². The smallest absolute Gasteiger partial charge is 0.231 e. The lowest BCUT2D eigenvalue weighted by atomic mass is 10.2. The van der Waals surface area contributed by atoms with Gasteiger partial charge in [-0.2, -0.15) is 0 Å². The SMILES string of the molecule is COc1ccc2cc3n(c2c1)C(=O)CC3. The predicted molar refractivity (Wildman–Crippen MR) is 57.4 cm³/mol. The average molecular weight is 201 g/mol. The summed E-state index contributed by atoms with van der Waals surface area (Å²) in [6, 6.07) is 7.91. The lowest BCUT2D eigenvalue weighted by Crippen LogP contribution is -2.02. The van der Waals surface area contributed by atoms with Crippen LogP contribution in [0.4, 0.5) is 0 Å². The van der Waals surface area contributed by atoms with Crippen molar-refractivity contribution in [3.63, 3.8) is 0 Å². The standard InChI is InChI=1S/C12H11NO2/c1-15-10-4-2-8-6-9-3-5-12(14)13(9)11(8)7-10/h2,4,6-7H,3,5H2,1H3. The summed E-state index contributed by atoms with van der Waals surface area (Å²) in [7, 11) is 1.64. The molecule has 0 atom stereocenters. The molecule has 0 radical (unpaired) electrons. The van der Waals surface area contributed by atoms with Crippen LogP contribution in [0.25, 0.3) is 10.9 Å². The number of nitrogens with zero attached hydrogens (tertiary/aromatic N) is 1. The van der Waals surface area contributed by atoms with Crippen molar-refractivity contribution in [1.82, 2.24) is 4.57 Å². The van der Waals surface area contributed by atoms with Crippen molar-refractivity contribution in [3.8, 4) is 5.75 Å². The van der Waals surface area contributed by atoms with Crippen molar-refractivity contribution in [2.75, 3.05) is 7.11 Å². The van der Waals surface area contributed by atoms with Gasteiger partial charge in [0.2, 0.25) is 5.91 Å². The maximum absolute atomic E-state index is 11.7. The number of rotatable bonds is 1. The summed E-state index contributed by atoms with van der Waals surface area (Å²) in [4.78, 5) is 11.7. The third kappa shape index (κ3) is 1.09. The summed E-state index contributed by atoms with van der Waals surface area (Å²) >= 11 is 0. The Morgan fingerprint density at radius 1 is 1.27 bits per heavy atom. The number of carbonyl (C=O) groups is 1. The van der Waals surface area contributed by atoms with E-state index in [2.05, 4.69) is 6.07 Å². The average Bonchev–Trinajstić information content (AvgIpc) is 2.78. The molecule has 2 heterocycles. The van der Waals surface area contributed by atoms with E-state index in [0.29, 0.717) is 6.42 Å². The van der Waals surface area contributed by atoms with Crippen LogP contribution >= 0.6 is 0 Å². The van der Waals surface area contributed by atoms with E-state index in [1.54, 1.807) is 11.7 Å². The molecule has 0 bridgehead atoms. The highest BCUT2D eigenvalue weighted by molar-refractivity contribution is 5.96. The Hall–Kier alpha value is -1.77. The van der Waals surface area contributed by atoms with Gasteiger partial charge in [-0.05, 0) is 24.6 Å². The fraction of sp³-hybridized carbons (Fsp3) is 0.250. The lowest BCUT2D eigenvalue weighted by molar-refractivity contribution is 0.0928. The zero-order chi connectivity index (χ0) is 10.4. The molecule has 3 heteroatoms. The topological polar surface area (TPSA) is 31.2 Å². The van der Waals surface area contributed by atoms with Crippen molar-refractivity contribution in [2.24, 2.45) is 0 Å². The molecule has 76 valence electrons. The normalized spacial score (nSPS) is 14.6. The van der Waals surface area contributed by atoms with Gasteiger partial charge in [-0.3, -0.25) is 9.36 Å². The second-order valence-corrected chi connectivity index (χ2v) is 3.79. The van der Waals surface area contributed by atoms with Gasteiger partial charge in [0, 0.05) is 23.6 Å². The van der Waals surface area contributed by atoms with Gasteiger partial charge in [0.15, 0.2) is 0 Å². The monoisotopic (exact) mass is 201 g/mol. The highest BCUT2D eigenvalue weighted by atomic mass is 16.5. The van der Waals surface area contributed by atoms with Gasteiger partial charge < -0.3 is 4.74 Å². The molecule has 0 N–H and O–H groups in total. The van der Waals surface area contributed by atoms with Crippen LogP contribution in [-0.4, -0.2) is 17.6 Å². The Kier molecular flexibility index (Phi) is 1.63. The first kappa shape index (κ1) is 8.53. The van der Waals surface area contributed by atoms with Crippen LogP contribution in [0.15, 0.2) is 24.3 Å². The van der Waals surface area contributed by atoms with Gasteiger partial charge in [-0.15, -0.1) is 0 Å². The van der Waals surface area contributed by atoms with E-state index in [9.17, 15) is 4.79 Å². The van der Waals surface area contributed by atoms with Crippen molar-refractivity contribution >= 4 is 16.8 Å². The van der Waals surface area contributed by atoms with E-state index in [4.69, 9.17) is 4.74 Å². The van der Waals surface area contributed by atoms with Crippen LogP contribution in [0.2, 0.25) is 0 Å². The Morgan fingerprint density at radius 2 is 2.13 bits per heavy atom. The molecule has 0 fully saturated rings. The van der Waals surface area contributed by atoms with Crippen LogP contribution in [0.1, 0.15) is 16.9 Å². The van der Waals surface area contributed by atoms with Crippen LogP contribution in [-0.2, 0) is 6.42 Å². The van der Waals surface area contributed by atoms with Crippen molar-refractivity contribution in [3.05, 3.63) is 30.0 Å². The highest BCUT2D eigenvalue weighted by Crippen LogP contribution is 2.28. The van der Waals surface area contributed by atoms with E-state index >= 15 is 0 Å². The summed E-state index contributed by atoms with van der Waals surface area (Å²) < 4.78 is 6.97. The van der Waals surface area contributed by atoms with Crippen LogP contribution in [0, 0.1) is 0 Å². The minimum atomic E-state index is 0.188. The van der Waals surface area contributed by atoms with Crippen LogP contribution in [0.3, 0.4) is 0 Å². The molecule has 1 aromatic carbocycles. The highest BCUT2D eigenvalue weighted by Gasteiger charge is 2.21. The van der Waals surface area contributed by atoms with Gasteiger partial charge in [0.05, 0.1) is 12.6 Å². The maximum Gasteiger partial charge on any atom is 0.231 e. The van der Waals surface area contributed by atoms with Gasteiger partial charge in [-0.25, -0.2) is 0 Å². The summed E-state index contributed by atoms with van der Waals surface area (Å²) in [6.07, 6.45) is 1.48. The minimum absolute atomic E-state index is 0.188. The van der Waals surface area contributed by atoms with Gasteiger partial charge >= 0.3 is 0 Å². The van der Waals surface area contributed by atoms with Crippen molar-refractivity contribution in [1.29, 1.82) is 0 Å². The molecular formula is C12H11NO2. The molecule has 0 spiro atoms. The molecule has 0 unspecified atom stereocenters. The molecule has 1 aliphatic heterocycles. The summed E-state index contributed by atoms with van der Waals surface area (Å²) in [5.41, 5.74) is 2.08. The van der Waals surface area contributed by atoms with Gasteiger partial charge in [0.1, 0.15) is 5.75 Å². The number of carbonyl (C=O) groups excluding carboxylic acids is 1. The Morgan fingerprint density at radius 3 is 2.93 bits per heavy atom. The van der Waals surface area contributed by atoms with Gasteiger partial charge in [0.25, 0.3) is 0 Å². The molecule has 1 aromatic heterocycles. The molecule has 0 amide bonds. The number of hydrogen-bond donors (Lipinski definition) is 0. The number of methoxy groups -OCH3 is 1. The van der Waals surface area contributed by atoms with Gasteiger partial charge in [-0.1, -0.05) is 0 Å². The third-order valence-electron chi connectivity index (χ3n) is 2.93. The molecular weight excluding hydrogens is 190 g/mol. The molecule has 2 aromatic rings. The lowest BCUT2D eigenvalue weighted by Gasteiger charge is -2.02. The fourth-order valence-corrected chi connectivity index (χ4v) is 2.19. The number of aromatic nitrogens is 1. The number of aryl methyl sites for hydroxylation is 1. The second-order valence-electron chi connectivity index (χ2n) is 3.79. The first-order valence-electron chi connectivity index (χ1n) is 5.01. The molecule has 3 nitrogen and oxygen atoms in total. The number of hydrogen-bond acceptors (Lipinski definition) is 2. The largest absolute Gasteiger partial charge is 0.497 e. The van der Waals surface area contributed by atoms with Crippen molar-refractivity contribution in [2.45, 2.75) is 12.8 Å². The zero-order valence-corrected chi connectivity index (χ0v) is 8.49. The minimum Gasteiger partial charge on any atom is -0.497 e. The molecule has 15 heavy (non-hydrogen) atoms. The zero-order valence-electron chi connectivity index (χ0n) is 8.49. The Labute approximate surface area is 87.3 Å². The number of ether oxygens (including phenoxy) is 1. The van der Waals surface area contributed by atoms with E-state index < -0.39 is 0 Å². The number of benzene rings is 1. The first-order chi connectivity index (χ1) is 7.29. The molecule has 1 aliphatic rings. The van der Waals surface area contributed by atoms with E-state index in [0.717, 1.165) is 28.8 Å². The molecule has 3 rings (SSSR count). The summed E-state index contributed by atoms with van der Waals surface area (Å²) in [5.74, 6) is 0.983. The molecule has 0 aliphatic carbocycles. The predicted octanol–water partition coefficient (Wildman–Crippen LogP) is 2.24. The third-order valence-corrected chi connectivity index (χ3v) is 2.93. The molecule has 0 saturated carbocycles. The Bertz CT molecular complexity index is 554. The van der Waals surface area contributed by atoms with E-state index in [1.807, 2.05) is 18.2 Å².